The maximum absolute atomic E-state index is 10.7. The van der Waals surface area contributed by atoms with E-state index in [0.717, 1.165) is 12.1 Å². The molecule has 0 aliphatic rings. The summed E-state index contributed by atoms with van der Waals surface area (Å²) in [7, 11) is 0. The largest absolute Gasteiger partial charge is 0.298 e. The third kappa shape index (κ3) is 2.25. The molecule has 0 saturated heterocycles. The summed E-state index contributed by atoms with van der Waals surface area (Å²) in [6, 6.07) is 11.7. The van der Waals surface area contributed by atoms with E-state index in [1.54, 1.807) is 22.8 Å². The Hall–Kier alpha value is -2.49. The molecule has 0 amide bonds. The summed E-state index contributed by atoms with van der Waals surface area (Å²) >= 11 is 0. The maximum Gasteiger partial charge on any atom is 0.156 e. The highest BCUT2D eigenvalue weighted by Crippen LogP contribution is 2.12. The molecule has 2 aromatic heterocycles. The van der Waals surface area contributed by atoms with Crippen LogP contribution in [0.15, 0.2) is 42.6 Å². The average Bonchev–Trinajstić information content (AvgIpc) is 2.82. The van der Waals surface area contributed by atoms with Crippen molar-refractivity contribution in [3.8, 4) is 0 Å². The third-order valence-electron chi connectivity index (χ3n) is 3.15. The van der Waals surface area contributed by atoms with Gasteiger partial charge in [-0.15, -0.1) is 0 Å². The zero-order chi connectivity index (χ0) is 13.2. The minimum absolute atomic E-state index is 0.613. The van der Waals surface area contributed by atoms with Crippen LogP contribution in [0.25, 0.3) is 5.65 Å². The number of rotatable bonds is 3. The summed E-state index contributed by atoms with van der Waals surface area (Å²) in [6.07, 6.45) is 3.27. The van der Waals surface area contributed by atoms with Gasteiger partial charge >= 0.3 is 0 Å². The lowest BCUT2D eigenvalue weighted by Crippen LogP contribution is -1.94. The standard InChI is InChI=1S/C15H13N3O/c1-11-4-2-3-5-13(11)9-14-16-15-8-12(10-19)6-7-18(15)17-14/h2-8,10H,9H2,1H3. The van der Waals surface area contributed by atoms with Crippen LogP contribution in [-0.2, 0) is 6.42 Å². The van der Waals surface area contributed by atoms with E-state index in [9.17, 15) is 4.79 Å². The van der Waals surface area contributed by atoms with Crippen LogP contribution in [0.3, 0.4) is 0 Å². The highest BCUT2D eigenvalue weighted by Gasteiger charge is 2.06. The molecule has 0 spiro atoms. The van der Waals surface area contributed by atoms with Gasteiger partial charge in [0.25, 0.3) is 0 Å². The molecule has 0 radical (unpaired) electrons. The van der Waals surface area contributed by atoms with Gasteiger partial charge in [-0.25, -0.2) is 9.50 Å². The Morgan fingerprint density at radius 3 is 2.89 bits per heavy atom. The van der Waals surface area contributed by atoms with Crippen molar-refractivity contribution < 1.29 is 4.79 Å². The first-order chi connectivity index (χ1) is 9.26. The Labute approximate surface area is 110 Å². The molecule has 94 valence electrons. The van der Waals surface area contributed by atoms with E-state index in [4.69, 9.17) is 0 Å². The van der Waals surface area contributed by atoms with Crippen LogP contribution in [0.4, 0.5) is 0 Å². The molecule has 0 aliphatic heterocycles. The van der Waals surface area contributed by atoms with E-state index in [1.165, 1.54) is 11.1 Å². The summed E-state index contributed by atoms with van der Waals surface area (Å²) in [6.45, 7) is 2.08. The molecule has 4 heteroatoms. The van der Waals surface area contributed by atoms with Crippen molar-refractivity contribution in [2.45, 2.75) is 13.3 Å². The second-order valence-electron chi connectivity index (χ2n) is 4.51. The summed E-state index contributed by atoms with van der Waals surface area (Å²) in [5.41, 5.74) is 3.76. The summed E-state index contributed by atoms with van der Waals surface area (Å²) in [4.78, 5) is 15.2. The molecule has 3 aromatic rings. The molecule has 0 saturated carbocycles. The molecule has 2 heterocycles. The van der Waals surface area contributed by atoms with Gasteiger partial charge in [0.15, 0.2) is 11.5 Å². The van der Waals surface area contributed by atoms with Gasteiger partial charge in [-0.3, -0.25) is 4.79 Å². The molecular weight excluding hydrogens is 238 g/mol. The molecule has 0 fully saturated rings. The summed E-state index contributed by atoms with van der Waals surface area (Å²) < 4.78 is 1.70. The van der Waals surface area contributed by atoms with Crippen LogP contribution in [-0.4, -0.2) is 20.9 Å². The van der Waals surface area contributed by atoms with Gasteiger partial charge in [0.1, 0.15) is 6.29 Å². The number of carbonyl (C=O) groups is 1. The molecule has 0 atom stereocenters. The van der Waals surface area contributed by atoms with Crippen molar-refractivity contribution in [2.75, 3.05) is 0 Å². The minimum atomic E-state index is 0.613. The van der Waals surface area contributed by atoms with Gasteiger partial charge in [-0.2, -0.15) is 5.10 Å². The second kappa shape index (κ2) is 4.65. The van der Waals surface area contributed by atoms with E-state index in [1.807, 2.05) is 12.1 Å². The van der Waals surface area contributed by atoms with Gasteiger partial charge in [-0.05, 0) is 30.2 Å². The topological polar surface area (TPSA) is 47.3 Å². The predicted octanol–water partition coefficient (Wildman–Crippen LogP) is 2.44. The second-order valence-corrected chi connectivity index (χ2v) is 4.51. The quantitative estimate of drug-likeness (QED) is 0.672. The van der Waals surface area contributed by atoms with Crippen molar-refractivity contribution in [1.82, 2.24) is 14.6 Å². The lowest BCUT2D eigenvalue weighted by Gasteiger charge is -2.01. The number of hydrogen-bond acceptors (Lipinski definition) is 3. The van der Waals surface area contributed by atoms with Crippen molar-refractivity contribution in [2.24, 2.45) is 0 Å². The first kappa shape index (κ1) is 11.6. The highest BCUT2D eigenvalue weighted by molar-refractivity contribution is 5.76. The molecular formula is C15H13N3O. The smallest absolute Gasteiger partial charge is 0.156 e. The van der Waals surface area contributed by atoms with E-state index < -0.39 is 0 Å². The van der Waals surface area contributed by atoms with Gasteiger partial charge in [0.2, 0.25) is 0 Å². The fraction of sp³-hybridized carbons (Fsp3) is 0.133. The van der Waals surface area contributed by atoms with E-state index in [-0.39, 0.29) is 0 Å². The summed E-state index contributed by atoms with van der Waals surface area (Å²) in [5, 5.41) is 4.41. The molecule has 19 heavy (non-hydrogen) atoms. The fourth-order valence-corrected chi connectivity index (χ4v) is 2.07. The number of pyridine rings is 1. The zero-order valence-corrected chi connectivity index (χ0v) is 10.6. The first-order valence-electron chi connectivity index (χ1n) is 6.11. The predicted molar refractivity (Wildman–Crippen MR) is 72.4 cm³/mol. The highest BCUT2D eigenvalue weighted by atomic mass is 16.1. The van der Waals surface area contributed by atoms with Crippen molar-refractivity contribution in [3.63, 3.8) is 0 Å². The Balaban J connectivity index is 1.98. The Morgan fingerprint density at radius 1 is 1.26 bits per heavy atom. The average molecular weight is 251 g/mol. The lowest BCUT2D eigenvalue weighted by atomic mass is 10.1. The molecule has 0 unspecified atom stereocenters. The van der Waals surface area contributed by atoms with Crippen LogP contribution >= 0.6 is 0 Å². The first-order valence-corrected chi connectivity index (χ1v) is 6.11. The number of hydrogen-bond donors (Lipinski definition) is 0. The van der Waals surface area contributed by atoms with Crippen LogP contribution in [0.1, 0.15) is 27.3 Å². The molecule has 0 N–H and O–H groups in total. The normalized spacial score (nSPS) is 10.8. The zero-order valence-electron chi connectivity index (χ0n) is 10.6. The number of carbonyl (C=O) groups excluding carboxylic acids is 1. The minimum Gasteiger partial charge on any atom is -0.298 e. The monoisotopic (exact) mass is 251 g/mol. The number of aromatic nitrogens is 3. The third-order valence-corrected chi connectivity index (χ3v) is 3.15. The number of nitrogens with zero attached hydrogens (tertiary/aromatic N) is 3. The van der Waals surface area contributed by atoms with Gasteiger partial charge in [-0.1, -0.05) is 24.3 Å². The lowest BCUT2D eigenvalue weighted by molar-refractivity contribution is 0.112. The van der Waals surface area contributed by atoms with E-state index in [0.29, 0.717) is 17.6 Å². The summed E-state index contributed by atoms with van der Waals surface area (Å²) in [5.74, 6) is 0.761. The molecule has 4 nitrogen and oxygen atoms in total. The molecule has 1 aromatic carbocycles. The van der Waals surface area contributed by atoms with Crippen molar-refractivity contribution in [1.29, 1.82) is 0 Å². The van der Waals surface area contributed by atoms with Crippen molar-refractivity contribution in [3.05, 3.63) is 65.1 Å². The molecule has 3 rings (SSSR count). The van der Waals surface area contributed by atoms with Gasteiger partial charge in [0, 0.05) is 18.2 Å². The SMILES string of the molecule is Cc1ccccc1Cc1nc2cc(C=O)ccn2n1. The maximum atomic E-state index is 10.7. The van der Waals surface area contributed by atoms with Crippen molar-refractivity contribution >= 4 is 11.9 Å². The van der Waals surface area contributed by atoms with E-state index >= 15 is 0 Å². The van der Waals surface area contributed by atoms with Crippen LogP contribution in [0.2, 0.25) is 0 Å². The number of aldehydes is 1. The van der Waals surface area contributed by atoms with Crippen LogP contribution < -0.4 is 0 Å². The van der Waals surface area contributed by atoms with Gasteiger partial charge < -0.3 is 0 Å². The van der Waals surface area contributed by atoms with Gasteiger partial charge in [0.05, 0.1) is 0 Å². The van der Waals surface area contributed by atoms with Crippen LogP contribution in [0.5, 0.6) is 0 Å². The Morgan fingerprint density at radius 2 is 2.11 bits per heavy atom. The Kier molecular flexibility index (Phi) is 2.83. The number of benzene rings is 1. The Bertz CT molecular complexity index is 746. The molecule has 0 aliphatic carbocycles. The molecule has 0 bridgehead atoms. The van der Waals surface area contributed by atoms with Crippen LogP contribution in [0, 0.1) is 6.92 Å². The number of fused-ring (bicyclic) bond motifs is 1. The number of aryl methyl sites for hydroxylation is 1. The van der Waals surface area contributed by atoms with E-state index in [2.05, 4.69) is 29.1 Å². The fourth-order valence-electron chi connectivity index (χ4n) is 2.07.